The highest BCUT2D eigenvalue weighted by atomic mass is 16.4. The van der Waals surface area contributed by atoms with Gasteiger partial charge in [-0.25, -0.2) is 0 Å². The molecule has 0 saturated heterocycles. The third-order valence-corrected chi connectivity index (χ3v) is 4.22. The summed E-state index contributed by atoms with van der Waals surface area (Å²) in [4.78, 5) is 11.2. The Bertz CT molecular complexity index is 322. The van der Waals surface area contributed by atoms with Crippen LogP contribution in [0.3, 0.4) is 0 Å². The van der Waals surface area contributed by atoms with Gasteiger partial charge in [-0.15, -0.1) is 0 Å². The molecular weight excluding hydrogens is 278 g/mol. The lowest BCUT2D eigenvalue weighted by Crippen LogP contribution is -2.56. The molecule has 0 spiro atoms. The summed E-state index contributed by atoms with van der Waals surface area (Å²) >= 11 is 0. The van der Waals surface area contributed by atoms with Crippen molar-refractivity contribution in [1.82, 2.24) is 0 Å². The van der Waals surface area contributed by atoms with Crippen LogP contribution in [-0.4, -0.2) is 52.9 Å². The summed E-state index contributed by atoms with van der Waals surface area (Å²) in [6.07, 6.45) is 8.62. The number of carboxylic acids is 1. The Kier molecular flexibility index (Phi) is 11.2. The van der Waals surface area contributed by atoms with Crippen molar-refractivity contribution in [3.8, 4) is 0 Å². The largest absolute Gasteiger partial charge is 0.481 e. The maximum atomic E-state index is 11.2. The lowest BCUT2D eigenvalue weighted by Gasteiger charge is -2.41. The number of aliphatic carboxylic acids is 1. The van der Waals surface area contributed by atoms with Crippen molar-refractivity contribution in [2.75, 3.05) is 26.2 Å². The van der Waals surface area contributed by atoms with Gasteiger partial charge in [0.15, 0.2) is 0 Å². The SMILES string of the molecule is C/C=C/CCCC(O)C[N+](CCC)(CCC)CC(C)C(=O)O. The molecule has 0 aromatic heterocycles. The van der Waals surface area contributed by atoms with Gasteiger partial charge in [-0.2, -0.15) is 0 Å². The Hall–Kier alpha value is -0.870. The maximum Gasteiger partial charge on any atom is 0.311 e. The van der Waals surface area contributed by atoms with E-state index in [9.17, 15) is 15.0 Å². The topological polar surface area (TPSA) is 57.5 Å². The molecule has 0 saturated carbocycles. The molecule has 0 fully saturated rings. The highest BCUT2D eigenvalue weighted by Gasteiger charge is 2.32. The van der Waals surface area contributed by atoms with Crippen LogP contribution in [-0.2, 0) is 4.79 Å². The van der Waals surface area contributed by atoms with Gasteiger partial charge in [0.2, 0.25) is 0 Å². The average Bonchev–Trinajstić information content (AvgIpc) is 2.44. The second kappa shape index (κ2) is 11.7. The number of aliphatic hydroxyl groups is 1. The van der Waals surface area contributed by atoms with Crippen LogP contribution in [0, 0.1) is 5.92 Å². The molecule has 22 heavy (non-hydrogen) atoms. The second-order valence-corrected chi connectivity index (χ2v) is 6.55. The molecule has 2 N–H and O–H groups in total. The van der Waals surface area contributed by atoms with Crippen LogP contribution in [0.1, 0.15) is 59.8 Å². The molecule has 0 rings (SSSR count). The van der Waals surface area contributed by atoms with Crippen molar-refractivity contribution in [3.63, 3.8) is 0 Å². The number of unbranched alkanes of at least 4 members (excludes halogenated alkanes) is 1. The molecule has 0 aliphatic carbocycles. The van der Waals surface area contributed by atoms with Crippen molar-refractivity contribution < 1.29 is 19.5 Å². The molecule has 0 bridgehead atoms. The number of carboxylic acid groups (broad SMARTS) is 1. The summed E-state index contributed by atoms with van der Waals surface area (Å²) in [5.41, 5.74) is 0. The number of nitrogens with zero attached hydrogens (tertiary/aromatic N) is 1. The quantitative estimate of drug-likeness (QED) is 0.311. The van der Waals surface area contributed by atoms with Gasteiger partial charge in [0.05, 0.1) is 19.6 Å². The van der Waals surface area contributed by atoms with Crippen molar-refractivity contribution in [3.05, 3.63) is 12.2 Å². The van der Waals surface area contributed by atoms with Gasteiger partial charge in [-0.1, -0.05) is 26.0 Å². The van der Waals surface area contributed by atoms with E-state index in [4.69, 9.17) is 0 Å². The van der Waals surface area contributed by atoms with E-state index in [1.807, 2.05) is 13.0 Å². The van der Waals surface area contributed by atoms with E-state index in [-0.39, 0.29) is 12.0 Å². The van der Waals surface area contributed by atoms with Crippen LogP contribution in [0.5, 0.6) is 0 Å². The molecule has 0 aromatic rings. The standard InChI is InChI=1S/C18H35NO3/c1-5-8-9-10-11-17(20)15-19(12-6-2,13-7-3)14-16(4)18(21)22/h5,8,16-17,20H,6-7,9-15H2,1-4H3/p+1/b8-5+. The number of quaternary nitrogens is 1. The van der Waals surface area contributed by atoms with Crippen LogP contribution in [0.25, 0.3) is 0 Å². The molecular formula is C18H36NO3+. The van der Waals surface area contributed by atoms with E-state index in [0.717, 1.165) is 49.7 Å². The van der Waals surface area contributed by atoms with E-state index < -0.39 is 5.97 Å². The summed E-state index contributed by atoms with van der Waals surface area (Å²) < 4.78 is 0.727. The molecule has 4 heteroatoms. The summed E-state index contributed by atoms with van der Waals surface area (Å²) in [6.45, 7) is 11.2. The molecule has 130 valence electrons. The highest BCUT2D eigenvalue weighted by molar-refractivity contribution is 5.69. The lowest BCUT2D eigenvalue weighted by molar-refractivity contribution is -0.933. The van der Waals surface area contributed by atoms with Crippen molar-refractivity contribution >= 4 is 5.97 Å². The molecule has 0 aromatic carbocycles. The van der Waals surface area contributed by atoms with E-state index >= 15 is 0 Å². The molecule has 0 amide bonds. The molecule has 0 radical (unpaired) electrons. The molecule has 2 atom stereocenters. The monoisotopic (exact) mass is 314 g/mol. The summed E-state index contributed by atoms with van der Waals surface area (Å²) in [6, 6.07) is 0. The minimum Gasteiger partial charge on any atom is -0.481 e. The van der Waals surface area contributed by atoms with Gasteiger partial charge in [0.1, 0.15) is 18.6 Å². The Morgan fingerprint density at radius 1 is 1.18 bits per heavy atom. The molecule has 4 nitrogen and oxygen atoms in total. The summed E-state index contributed by atoms with van der Waals surface area (Å²) in [5.74, 6) is -1.11. The molecule has 0 aliphatic rings. The van der Waals surface area contributed by atoms with Crippen LogP contribution in [0.2, 0.25) is 0 Å². The highest BCUT2D eigenvalue weighted by Crippen LogP contribution is 2.18. The zero-order valence-electron chi connectivity index (χ0n) is 14.9. The second-order valence-electron chi connectivity index (χ2n) is 6.55. The van der Waals surface area contributed by atoms with Crippen LogP contribution in [0.15, 0.2) is 12.2 Å². The Morgan fingerprint density at radius 3 is 2.23 bits per heavy atom. The van der Waals surface area contributed by atoms with Gasteiger partial charge >= 0.3 is 5.97 Å². The molecule has 2 unspecified atom stereocenters. The first kappa shape index (κ1) is 21.1. The lowest BCUT2D eigenvalue weighted by atomic mass is 10.1. The normalized spacial score (nSPS) is 15.1. The summed E-state index contributed by atoms with van der Waals surface area (Å²) in [7, 11) is 0. The molecule has 0 heterocycles. The van der Waals surface area contributed by atoms with Gasteiger partial charge < -0.3 is 14.7 Å². The number of allylic oxidation sites excluding steroid dienone is 2. The van der Waals surface area contributed by atoms with E-state index in [1.54, 1.807) is 6.92 Å². The Labute approximate surface area is 136 Å². The number of rotatable bonds is 13. The Balaban J connectivity index is 4.77. The van der Waals surface area contributed by atoms with Gasteiger partial charge in [-0.05, 0) is 46.0 Å². The zero-order valence-corrected chi connectivity index (χ0v) is 14.9. The Morgan fingerprint density at radius 2 is 1.77 bits per heavy atom. The maximum absolute atomic E-state index is 11.2. The smallest absolute Gasteiger partial charge is 0.311 e. The van der Waals surface area contributed by atoms with E-state index in [1.165, 1.54) is 0 Å². The van der Waals surface area contributed by atoms with Crippen molar-refractivity contribution in [1.29, 1.82) is 0 Å². The van der Waals surface area contributed by atoms with Crippen LogP contribution in [0.4, 0.5) is 0 Å². The van der Waals surface area contributed by atoms with Gasteiger partial charge in [-0.3, -0.25) is 4.79 Å². The fourth-order valence-corrected chi connectivity index (χ4v) is 3.34. The number of hydrogen-bond acceptors (Lipinski definition) is 2. The predicted octanol–water partition coefficient (Wildman–Crippen LogP) is 3.45. The minimum atomic E-state index is -0.739. The first-order valence-corrected chi connectivity index (χ1v) is 8.77. The van der Waals surface area contributed by atoms with Crippen molar-refractivity contribution in [2.45, 2.75) is 65.9 Å². The number of carbonyl (C=O) groups is 1. The average molecular weight is 314 g/mol. The van der Waals surface area contributed by atoms with Crippen LogP contribution < -0.4 is 0 Å². The molecule has 0 aliphatic heterocycles. The number of hydrogen-bond donors (Lipinski definition) is 2. The summed E-state index contributed by atoms with van der Waals surface area (Å²) in [5, 5.41) is 19.6. The minimum absolute atomic E-state index is 0.343. The first-order chi connectivity index (χ1) is 10.4. The van der Waals surface area contributed by atoms with E-state index in [0.29, 0.717) is 13.1 Å². The third kappa shape index (κ3) is 8.54. The third-order valence-electron chi connectivity index (χ3n) is 4.22. The van der Waals surface area contributed by atoms with Crippen LogP contribution >= 0.6 is 0 Å². The number of aliphatic hydroxyl groups excluding tert-OH is 1. The fourth-order valence-electron chi connectivity index (χ4n) is 3.34. The fraction of sp³-hybridized carbons (Fsp3) is 0.833. The van der Waals surface area contributed by atoms with Crippen molar-refractivity contribution in [2.24, 2.45) is 5.92 Å². The van der Waals surface area contributed by atoms with E-state index in [2.05, 4.69) is 19.9 Å². The first-order valence-electron chi connectivity index (χ1n) is 8.77. The zero-order chi connectivity index (χ0) is 17.0. The van der Waals surface area contributed by atoms with Gasteiger partial charge in [0.25, 0.3) is 0 Å². The predicted molar refractivity (Wildman–Crippen MR) is 91.8 cm³/mol. The van der Waals surface area contributed by atoms with Gasteiger partial charge in [0, 0.05) is 0 Å².